The summed E-state index contributed by atoms with van der Waals surface area (Å²) in [6.45, 7) is 0. The van der Waals surface area contributed by atoms with Crippen LogP contribution < -0.4 is 5.32 Å². The second kappa shape index (κ2) is 4.57. The van der Waals surface area contributed by atoms with Crippen LogP contribution in [0.2, 0.25) is 0 Å². The Bertz CT molecular complexity index is 624. The van der Waals surface area contributed by atoms with Crippen LogP contribution in [0.3, 0.4) is 0 Å². The summed E-state index contributed by atoms with van der Waals surface area (Å²) >= 11 is 0. The van der Waals surface area contributed by atoms with Crippen molar-refractivity contribution >= 4 is 5.82 Å². The van der Waals surface area contributed by atoms with Crippen LogP contribution in [0.4, 0.5) is 14.6 Å². The highest BCUT2D eigenvalue weighted by Crippen LogP contribution is 2.39. The van der Waals surface area contributed by atoms with Gasteiger partial charge in [0.2, 0.25) is 0 Å². The molecule has 0 unspecified atom stereocenters. The molecule has 0 radical (unpaired) electrons. The van der Waals surface area contributed by atoms with E-state index in [1.54, 1.807) is 13.1 Å². The Labute approximate surface area is 109 Å². The summed E-state index contributed by atoms with van der Waals surface area (Å²) in [4.78, 5) is 8.76. The van der Waals surface area contributed by atoms with Gasteiger partial charge >= 0.3 is 0 Å². The molecule has 1 saturated carbocycles. The van der Waals surface area contributed by atoms with Gasteiger partial charge in [-0.25, -0.2) is 18.7 Å². The van der Waals surface area contributed by atoms with Gasteiger partial charge in [0.15, 0.2) is 0 Å². The first kappa shape index (κ1) is 12.0. The van der Waals surface area contributed by atoms with Crippen LogP contribution >= 0.6 is 0 Å². The predicted octanol–water partition coefficient (Wildman–Crippen LogP) is 3.34. The molecule has 0 saturated heterocycles. The third kappa shape index (κ3) is 2.41. The summed E-state index contributed by atoms with van der Waals surface area (Å²) in [7, 11) is 1.75. The average molecular weight is 261 g/mol. The van der Waals surface area contributed by atoms with Gasteiger partial charge in [0, 0.05) is 30.7 Å². The highest BCUT2D eigenvalue weighted by molar-refractivity contribution is 5.63. The molecule has 2 aromatic rings. The molecular formula is C14H13F2N3. The van der Waals surface area contributed by atoms with Crippen molar-refractivity contribution in [2.24, 2.45) is 0 Å². The molecule has 1 aliphatic rings. The molecule has 19 heavy (non-hydrogen) atoms. The van der Waals surface area contributed by atoms with Gasteiger partial charge in [0.1, 0.15) is 23.3 Å². The first-order valence-electron chi connectivity index (χ1n) is 6.19. The van der Waals surface area contributed by atoms with Crippen molar-refractivity contribution in [3.8, 4) is 11.3 Å². The number of nitrogens with zero attached hydrogens (tertiary/aromatic N) is 2. The molecule has 1 heterocycles. The summed E-state index contributed by atoms with van der Waals surface area (Å²) in [6.07, 6.45) is 2.14. The molecule has 5 heteroatoms. The molecule has 98 valence electrons. The van der Waals surface area contributed by atoms with Gasteiger partial charge in [-0.05, 0) is 25.0 Å². The second-order valence-corrected chi connectivity index (χ2v) is 4.65. The lowest BCUT2D eigenvalue weighted by Gasteiger charge is -2.08. The van der Waals surface area contributed by atoms with Gasteiger partial charge < -0.3 is 5.32 Å². The number of hydrogen-bond acceptors (Lipinski definition) is 3. The molecule has 3 nitrogen and oxygen atoms in total. The zero-order valence-corrected chi connectivity index (χ0v) is 10.5. The molecule has 1 aromatic heterocycles. The maximum atomic E-state index is 13.8. The normalized spacial score (nSPS) is 14.5. The molecule has 3 rings (SSSR count). The SMILES string of the molecule is CNc1cc(-c2ccc(F)cc2F)nc(C2CC2)n1. The number of nitrogens with one attached hydrogen (secondary N) is 1. The lowest BCUT2D eigenvalue weighted by atomic mass is 10.1. The van der Waals surface area contributed by atoms with Gasteiger partial charge in [0.05, 0.1) is 5.69 Å². The maximum absolute atomic E-state index is 13.8. The van der Waals surface area contributed by atoms with Crippen molar-refractivity contribution in [2.45, 2.75) is 18.8 Å². The highest BCUT2D eigenvalue weighted by Gasteiger charge is 2.27. The van der Waals surface area contributed by atoms with E-state index in [0.29, 0.717) is 23.0 Å². The third-order valence-electron chi connectivity index (χ3n) is 3.15. The van der Waals surface area contributed by atoms with E-state index in [2.05, 4.69) is 15.3 Å². The lowest BCUT2D eigenvalue weighted by Crippen LogP contribution is -2.01. The van der Waals surface area contributed by atoms with Gasteiger partial charge in [-0.1, -0.05) is 0 Å². The minimum Gasteiger partial charge on any atom is -0.373 e. The number of rotatable bonds is 3. The zero-order valence-electron chi connectivity index (χ0n) is 10.5. The van der Waals surface area contributed by atoms with E-state index in [0.717, 1.165) is 24.7 Å². The molecule has 1 aromatic carbocycles. The van der Waals surface area contributed by atoms with Crippen LogP contribution in [0.25, 0.3) is 11.3 Å². The minimum absolute atomic E-state index is 0.294. The summed E-state index contributed by atoms with van der Waals surface area (Å²) in [5.74, 6) is 0.547. The first-order valence-corrected chi connectivity index (χ1v) is 6.19. The Morgan fingerprint density at radius 3 is 2.58 bits per heavy atom. The minimum atomic E-state index is -0.609. The summed E-state index contributed by atoms with van der Waals surface area (Å²) < 4.78 is 26.7. The molecule has 0 spiro atoms. The van der Waals surface area contributed by atoms with Gasteiger partial charge in [-0.3, -0.25) is 0 Å². The number of halogens is 2. The van der Waals surface area contributed by atoms with Gasteiger partial charge in [0.25, 0.3) is 0 Å². The smallest absolute Gasteiger partial charge is 0.135 e. The average Bonchev–Trinajstić information content (AvgIpc) is 3.22. The summed E-state index contributed by atoms with van der Waals surface area (Å²) in [6, 6.07) is 5.18. The Balaban J connectivity index is 2.10. The fourth-order valence-corrected chi connectivity index (χ4v) is 1.95. The quantitative estimate of drug-likeness (QED) is 0.920. The Hall–Kier alpha value is -2.04. The number of hydrogen-bond donors (Lipinski definition) is 1. The Morgan fingerprint density at radius 2 is 1.95 bits per heavy atom. The van der Waals surface area contributed by atoms with Crippen molar-refractivity contribution in [1.82, 2.24) is 9.97 Å². The van der Waals surface area contributed by atoms with E-state index >= 15 is 0 Å². The van der Waals surface area contributed by atoms with E-state index in [-0.39, 0.29) is 0 Å². The lowest BCUT2D eigenvalue weighted by molar-refractivity contribution is 0.585. The van der Waals surface area contributed by atoms with Gasteiger partial charge in [-0.15, -0.1) is 0 Å². The summed E-state index contributed by atoms with van der Waals surface area (Å²) in [5.41, 5.74) is 0.779. The molecule has 1 N–H and O–H groups in total. The highest BCUT2D eigenvalue weighted by atomic mass is 19.1. The number of aromatic nitrogens is 2. The van der Waals surface area contributed by atoms with Crippen molar-refractivity contribution in [1.29, 1.82) is 0 Å². The van der Waals surface area contributed by atoms with Crippen molar-refractivity contribution in [3.63, 3.8) is 0 Å². The van der Waals surface area contributed by atoms with E-state index in [9.17, 15) is 8.78 Å². The number of benzene rings is 1. The van der Waals surface area contributed by atoms with Crippen LogP contribution in [0, 0.1) is 11.6 Å². The number of anilines is 1. The molecular weight excluding hydrogens is 248 g/mol. The first-order chi connectivity index (χ1) is 9.17. The molecule has 0 atom stereocenters. The van der Waals surface area contributed by atoms with Crippen molar-refractivity contribution in [2.75, 3.05) is 12.4 Å². The van der Waals surface area contributed by atoms with Crippen LogP contribution in [-0.2, 0) is 0 Å². The fourth-order valence-electron chi connectivity index (χ4n) is 1.95. The molecule has 0 amide bonds. The van der Waals surface area contributed by atoms with E-state index in [1.807, 2.05) is 0 Å². The Kier molecular flexibility index (Phi) is 2.89. The zero-order chi connectivity index (χ0) is 13.4. The Morgan fingerprint density at radius 1 is 1.16 bits per heavy atom. The van der Waals surface area contributed by atoms with Crippen LogP contribution in [0.5, 0.6) is 0 Å². The van der Waals surface area contributed by atoms with Crippen molar-refractivity contribution in [3.05, 3.63) is 41.7 Å². The van der Waals surface area contributed by atoms with E-state index < -0.39 is 11.6 Å². The van der Waals surface area contributed by atoms with Gasteiger partial charge in [-0.2, -0.15) is 0 Å². The molecule has 1 aliphatic carbocycles. The summed E-state index contributed by atoms with van der Waals surface area (Å²) in [5, 5.41) is 2.94. The monoisotopic (exact) mass is 261 g/mol. The predicted molar refractivity (Wildman–Crippen MR) is 68.9 cm³/mol. The molecule has 1 fully saturated rings. The van der Waals surface area contributed by atoms with Crippen LogP contribution in [0.15, 0.2) is 24.3 Å². The van der Waals surface area contributed by atoms with Crippen LogP contribution in [0.1, 0.15) is 24.6 Å². The van der Waals surface area contributed by atoms with Crippen molar-refractivity contribution < 1.29 is 8.78 Å². The van der Waals surface area contributed by atoms with E-state index in [1.165, 1.54) is 12.1 Å². The van der Waals surface area contributed by atoms with E-state index in [4.69, 9.17) is 0 Å². The standard InChI is InChI=1S/C14H13F2N3/c1-17-13-7-12(18-14(19-13)8-2-3-8)10-5-4-9(15)6-11(10)16/h4-8H,2-3H2,1H3,(H,17,18,19). The molecule has 0 aliphatic heterocycles. The third-order valence-corrected chi connectivity index (χ3v) is 3.15. The largest absolute Gasteiger partial charge is 0.373 e. The second-order valence-electron chi connectivity index (χ2n) is 4.65. The molecule has 0 bridgehead atoms. The maximum Gasteiger partial charge on any atom is 0.135 e. The van der Waals surface area contributed by atoms with Crippen LogP contribution in [-0.4, -0.2) is 17.0 Å². The topological polar surface area (TPSA) is 37.8 Å². The fraction of sp³-hybridized carbons (Fsp3) is 0.286.